The van der Waals surface area contributed by atoms with Crippen molar-refractivity contribution < 1.29 is 0 Å². The first-order valence-corrected chi connectivity index (χ1v) is 22.2. The molecule has 0 atom stereocenters. The predicted molar refractivity (Wildman–Crippen MR) is 274 cm³/mol. The van der Waals surface area contributed by atoms with Crippen molar-refractivity contribution in [2.45, 2.75) is 0 Å². The second-order valence-corrected chi connectivity index (χ2v) is 16.9. The van der Waals surface area contributed by atoms with Crippen LogP contribution in [0.5, 0.6) is 0 Å². The van der Waals surface area contributed by atoms with Gasteiger partial charge in [0.05, 0.1) is 34.0 Å². The normalized spacial score (nSPS) is 11.7. The van der Waals surface area contributed by atoms with Crippen LogP contribution in [0.1, 0.15) is 0 Å². The van der Waals surface area contributed by atoms with Crippen molar-refractivity contribution in [2.75, 3.05) is 0 Å². The summed E-state index contributed by atoms with van der Waals surface area (Å²) in [6, 6.07) is 83.2. The molecule has 3 heteroatoms. The van der Waals surface area contributed by atoms with Crippen molar-refractivity contribution in [1.29, 1.82) is 0 Å². The Kier molecular flexibility index (Phi) is 8.53. The Balaban J connectivity index is 0.808. The summed E-state index contributed by atoms with van der Waals surface area (Å²) in [5, 5.41) is 9.60. The first-order valence-electron chi connectivity index (χ1n) is 22.2. The molecular formula is C62H39N3. The Bertz CT molecular complexity index is 3940. The van der Waals surface area contributed by atoms with E-state index in [2.05, 4.69) is 235 Å². The maximum absolute atomic E-state index is 5.29. The summed E-state index contributed by atoms with van der Waals surface area (Å²) in [6.45, 7) is 0. The van der Waals surface area contributed by atoms with Gasteiger partial charge in [0.25, 0.3) is 0 Å². The summed E-state index contributed by atoms with van der Waals surface area (Å²) >= 11 is 0. The van der Waals surface area contributed by atoms with Gasteiger partial charge < -0.3 is 4.57 Å². The lowest BCUT2D eigenvalue weighted by atomic mass is 9.91. The van der Waals surface area contributed by atoms with E-state index in [-0.39, 0.29) is 0 Å². The zero-order chi connectivity index (χ0) is 42.8. The van der Waals surface area contributed by atoms with Gasteiger partial charge >= 0.3 is 0 Å². The van der Waals surface area contributed by atoms with Gasteiger partial charge in [-0.15, -0.1) is 0 Å². The van der Waals surface area contributed by atoms with E-state index in [0.29, 0.717) is 0 Å². The van der Waals surface area contributed by atoms with E-state index in [9.17, 15) is 0 Å². The van der Waals surface area contributed by atoms with Gasteiger partial charge in [0.15, 0.2) is 0 Å². The number of para-hydroxylation sites is 2. The molecule has 0 saturated heterocycles. The Morgan fingerprint density at radius 2 is 0.769 bits per heavy atom. The van der Waals surface area contributed by atoms with E-state index >= 15 is 0 Å². The highest BCUT2D eigenvalue weighted by Gasteiger charge is 2.16. The molecule has 302 valence electrons. The van der Waals surface area contributed by atoms with Crippen molar-refractivity contribution in [1.82, 2.24) is 14.5 Å². The Morgan fingerprint density at radius 1 is 0.277 bits per heavy atom. The molecule has 13 aromatic rings. The van der Waals surface area contributed by atoms with Crippen LogP contribution >= 0.6 is 0 Å². The smallest absolute Gasteiger partial charge is 0.0979 e. The number of hydrogen-bond acceptors (Lipinski definition) is 2. The maximum Gasteiger partial charge on any atom is 0.0979 e. The molecule has 65 heavy (non-hydrogen) atoms. The van der Waals surface area contributed by atoms with Crippen LogP contribution in [0.3, 0.4) is 0 Å². The molecule has 2 heterocycles. The SMILES string of the molecule is c1ccc(-n2c3ccccc3c3ccc(-c4ccc(-c5ccc(-c6ccc(-c7cccc(-c8cnc9c%10ccccc%10c%10ccccc%10c9n8)c7)c7ccccc67)cc5)cc4)cc32)cc1. The minimum atomic E-state index is 0.861. The topological polar surface area (TPSA) is 30.7 Å². The zero-order valence-corrected chi connectivity index (χ0v) is 35.4. The number of aromatic nitrogens is 3. The molecule has 11 aromatic carbocycles. The molecule has 3 nitrogen and oxygen atoms in total. The number of rotatable bonds is 6. The standard InChI is InChI=1S/C62H39N3/c1-2-15-47(16-3-1)65-59-24-11-10-21-54(59)55-34-33-44(38-60(55)65)42-27-25-40(26-28-42)41-29-31-43(32-30-41)48-35-36-49(51-18-5-4-17-50(48)51)45-13-12-14-46(37-45)58-39-63-61-56-22-8-6-19-52(56)53-20-7-9-23-57(53)62(61)64-58/h1-39H. The molecule has 0 bridgehead atoms. The Hall–Kier alpha value is -8.66. The fourth-order valence-electron chi connectivity index (χ4n) is 10.1. The third kappa shape index (κ3) is 6.12. The first-order chi connectivity index (χ1) is 32.2. The van der Waals surface area contributed by atoms with Gasteiger partial charge in [-0.05, 0) is 96.4 Å². The molecule has 2 aromatic heterocycles. The lowest BCUT2D eigenvalue weighted by Crippen LogP contribution is -1.93. The maximum atomic E-state index is 5.29. The number of fused-ring (bicyclic) bond motifs is 10. The van der Waals surface area contributed by atoms with Crippen LogP contribution in [-0.4, -0.2) is 14.5 Å². The number of benzene rings is 11. The second kappa shape index (κ2) is 15.0. The fourth-order valence-corrected chi connectivity index (χ4v) is 10.1. The van der Waals surface area contributed by atoms with Crippen molar-refractivity contribution >= 4 is 65.2 Å². The van der Waals surface area contributed by atoms with Crippen LogP contribution in [0.15, 0.2) is 237 Å². The molecule has 0 radical (unpaired) electrons. The van der Waals surface area contributed by atoms with Crippen LogP contribution in [0.2, 0.25) is 0 Å². The van der Waals surface area contributed by atoms with Gasteiger partial charge in [0.1, 0.15) is 0 Å². The summed E-state index contributed by atoms with van der Waals surface area (Å²) in [5.41, 5.74) is 16.9. The first kappa shape index (κ1) is 36.9. The van der Waals surface area contributed by atoms with Crippen molar-refractivity contribution in [2.24, 2.45) is 0 Å². The van der Waals surface area contributed by atoms with Crippen molar-refractivity contribution in [3.8, 4) is 61.5 Å². The highest BCUT2D eigenvalue weighted by molar-refractivity contribution is 6.23. The average Bonchev–Trinajstić information content (AvgIpc) is 3.72. The Labute approximate surface area is 376 Å². The van der Waals surface area contributed by atoms with Crippen molar-refractivity contribution in [3.63, 3.8) is 0 Å². The minimum Gasteiger partial charge on any atom is -0.309 e. The van der Waals surface area contributed by atoms with Gasteiger partial charge in [-0.25, -0.2) is 4.98 Å². The van der Waals surface area contributed by atoms with Crippen LogP contribution in [-0.2, 0) is 0 Å². The van der Waals surface area contributed by atoms with Crippen molar-refractivity contribution in [3.05, 3.63) is 237 Å². The van der Waals surface area contributed by atoms with Crippen LogP contribution < -0.4 is 0 Å². The minimum absolute atomic E-state index is 0.861. The largest absolute Gasteiger partial charge is 0.309 e. The van der Waals surface area contributed by atoms with E-state index in [1.807, 2.05) is 6.20 Å². The van der Waals surface area contributed by atoms with Gasteiger partial charge in [-0.3, -0.25) is 4.98 Å². The quantitative estimate of drug-likeness (QED) is 0.156. The van der Waals surface area contributed by atoms with Gasteiger partial charge in [-0.2, -0.15) is 0 Å². The molecule has 0 N–H and O–H groups in total. The third-order valence-corrected chi connectivity index (χ3v) is 13.3. The molecule has 0 saturated carbocycles. The van der Waals surface area contributed by atoms with Gasteiger partial charge in [0, 0.05) is 32.8 Å². The van der Waals surface area contributed by atoms with E-state index in [4.69, 9.17) is 9.97 Å². The number of nitrogens with zero attached hydrogens (tertiary/aromatic N) is 3. The Morgan fingerprint density at radius 3 is 1.45 bits per heavy atom. The van der Waals surface area contributed by atoms with E-state index in [1.165, 1.54) is 88.0 Å². The summed E-state index contributed by atoms with van der Waals surface area (Å²) in [7, 11) is 0. The molecule has 0 unspecified atom stereocenters. The molecular weight excluding hydrogens is 787 g/mol. The third-order valence-electron chi connectivity index (χ3n) is 13.3. The molecule has 0 amide bonds. The molecule has 0 aliphatic carbocycles. The molecule has 0 spiro atoms. The summed E-state index contributed by atoms with van der Waals surface area (Å²) < 4.78 is 2.38. The summed E-state index contributed by atoms with van der Waals surface area (Å²) in [5.74, 6) is 0. The monoisotopic (exact) mass is 825 g/mol. The van der Waals surface area contributed by atoms with Crippen LogP contribution in [0.4, 0.5) is 0 Å². The van der Waals surface area contributed by atoms with E-state index in [0.717, 1.165) is 38.6 Å². The lowest BCUT2D eigenvalue weighted by molar-refractivity contribution is 1.18. The lowest BCUT2D eigenvalue weighted by Gasteiger charge is -2.14. The highest BCUT2D eigenvalue weighted by Crippen LogP contribution is 2.40. The molecule has 0 aliphatic heterocycles. The molecule has 13 rings (SSSR count). The fraction of sp³-hybridized carbons (Fsp3) is 0. The molecule has 0 fully saturated rings. The van der Waals surface area contributed by atoms with Crippen LogP contribution in [0.25, 0.3) is 127 Å². The summed E-state index contributed by atoms with van der Waals surface area (Å²) in [6.07, 6.45) is 1.93. The average molecular weight is 826 g/mol. The van der Waals surface area contributed by atoms with E-state index < -0.39 is 0 Å². The second-order valence-electron chi connectivity index (χ2n) is 16.9. The van der Waals surface area contributed by atoms with Crippen LogP contribution in [0, 0.1) is 0 Å². The van der Waals surface area contributed by atoms with Gasteiger partial charge in [-0.1, -0.05) is 200 Å². The molecule has 0 aliphatic rings. The van der Waals surface area contributed by atoms with Gasteiger partial charge in [0.2, 0.25) is 0 Å². The number of hydrogen-bond donors (Lipinski definition) is 0. The highest BCUT2D eigenvalue weighted by atomic mass is 15.0. The van der Waals surface area contributed by atoms with E-state index in [1.54, 1.807) is 0 Å². The predicted octanol–water partition coefficient (Wildman–Crippen LogP) is 16.5. The summed E-state index contributed by atoms with van der Waals surface area (Å²) in [4.78, 5) is 10.3. The zero-order valence-electron chi connectivity index (χ0n) is 35.4.